The smallest absolute Gasteiger partial charge is 0.233 e. The highest BCUT2D eigenvalue weighted by atomic mass is 16.5. The molecule has 3 rings (SSSR count). The van der Waals surface area contributed by atoms with Crippen LogP contribution in [0.25, 0.3) is 0 Å². The van der Waals surface area contributed by atoms with Gasteiger partial charge in [0.05, 0.1) is 13.2 Å². The van der Waals surface area contributed by atoms with E-state index in [0.29, 0.717) is 26.2 Å². The quantitative estimate of drug-likeness (QED) is 0.312. The number of nitrogens with one attached hydrogen (secondary N) is 2. The van der Waals surface area contributed by atoms with E-state index < -0.39 is 5.41 Å². The van der Waals surface area contributed by atoms with Gasteiger partial charge in [0, 0.05) is 26.7 Å². The van der Waals surface area contributed by atoms with Crippen molar-refractivity contribution in [1.82, 2.24) is 15.5 Å². The third-order valence-electron chi connectivity index (χ3n) is 7.22. The Labute approximate surface area is 215 Å². The molecule has 1 atom stereocenters. The molecule has 1 aliphatic heterocycles. The first-order chi connectivity index (χ1) is 17.6. The first kappa shape index (κ1) is 27.8. The summed E-state index contributed by atoms with van der Waals surface area (Å²) in [5.41, 5.74) is 7.32. The van der Waals surface area contributed by atoms with Gasteiger partial charge in [-0.2, -0.15) is 0 Å². The van der Waals surface area contributed by atoms with Gasteiger partial charge in [0.15, 0.2) is 0 Å². The van der Waals surface area contributed by atoms with Crippen LogP contribution < -0.4 is 16.4 Å². The van der Waals surface area contributed by atoms with Gasteiger partial charge in [-0.25, -0.2) is 0 Å². The van der Waals surface area contributed by atoms with Crippen molar-refractivity contribution in [1.29, 1.82) is 0 Å². The molecule has 0 aromatic heterocycles. The van der Waals surface area contributed by atoms with Crippen molar-refractivity contribution in [2.75, 3.05) is 53.0 Å². The maximum Gasteiger partial charge on any atom is 0.233 e. The number of unbranched alkanes of at least 4 members (excludes halogenated alkanes) is 3. The fourth-order valence-electron chi connectivity index (χ4n) is 5.40. The third-order valence-corrected chi connectivity index (χ3v) is 7.22. The molecule has 1 heterocycles. The number of primary amides is 1. The molecule has 36 heavy (non-hydrogen) atoms. The Bertz CT molecular complexity index is 883. The summed E-state index contributed by atoms with van der Waals surface area (Å²) in [5, 5.41) is 6.01. The van der Waals surface area contributed by atoms with Crippen LogP contribution in [0.2, 0.25) is 0 Å². The molecular formula is C29H42N4O3. The Morgan fingerprint density at radius 3 is 2.22 bits per heavy atom. The van der Waals surface area contributed by atoms with Gasteiger partial charge in [0.2, 0.25) is 11.8 Å². The summed E-state index contributed by atoms with van der Waals surface area (Å²) in [6, 6.07) is 20.1. The van der Waals surface area contributed by atoms with Crippen molar-refractivity contribution in [3.63, 3.8) is 0 Å². The molecule has 1 fully saturated rings. The number of methoxy groups -OCH3 is 1. The van der Waals surface area contributed by atoms with Crippen molar-refractivity contribution in [2.24, 2.45) is 11.7 Å². The van der Waals surface area contributed by atoms with Gasteiger partial charge in [0.1, 0.15) is 5.41 Å². The van der Waals surface area contributed by atoms with Crippen LogP contribution in [0.1, 0.15) is 43.2 Å². The number of likely N-dealkylation sites (tertiary alicyclic amines) is 1. The van der Waals surface area contributed by atoms with Gasteiger partial charge in [0.25, 0.3) is 0 Å². The lowest BCUT2D eigenvalue weighted by molar-refractivity contribution is -0.124. The van der Waals surface area contributed by atoms with E-state index in [4.69, 9.17) is 10.5 Å². The molecule has 196 valence electrons. The second-order valence-electron chi connectivity index (χ2n) is 9.62. The second kappa shape index (κ2) is 14.7. The summed E-state index contributed by atoms with van der Waals surface area (Å²) in [7, 11) is 1.65. The van der Waals surface area contributed by atoms with Crippen molar-refractivity contribution in [2.45, 2.75) is 37.5 Å². The molecule has 7 heteroatoms. The topological polar surface area (TPSA) is 96.7 Å². The molecule has 0 spiro atoms. The summed E-state index contributed by atoms with van der Waals surface area (Å²) in [5.74, 6) is -0.112. The van der Waals surface area contributed by atoms with Crippen LogP contribution in [0.3, 0.4) is 0 Å². The number of carbonyl (C=O) groups excluding carboxylic acids is 2. The van der Waals surface area contributed by atoms with E-state index in [1.54, 1.807) is 7.11 Å². The summed E-state index contributed by atoms with van der Waals surface area (Å²) >= 11 is 0. The molecule has 0 bridgehead atoms. The monoisotopic (exact) mass is 494 g/mol. The van der Waals surface area contributed by atoms with E-state index in [1.165, 1.54) is 0 Å². The molecule has 1 unspecified atom stereocenters. The van der Waals surface area contributed by atoms with Crippen molar-refractivity contribution < 1.29 is 14.3 Å². The molecule has 4 N–H and O–H groups in total. The Morgan fingerprint density at radius 1 is 0.972 bits per heavy atom. The summed E-state index contributed by atoms with van der Waals surface area (Å²) in [4.78, 5) is 27.4. The zero-order chi connectivity index (χ0) is 25.6. The molecular weight excluding hydrogens is 452 g/mol. The van der Waals surface area contributed by atoms with E-state index in [0.717, 1.165) is 62.9 Å². The number of ether oxygens (including phenoxy) is 1. The van der Waals surface area contributed by atoms with Crippen LogP contribution in [0.5, 0.6) is 0 Å². The van der Waals surface area contributed by atoms with Crippen LogP contribution in [-0.2, 0) is 19.7 Å². The maximum atomic E-state index is 13.2. The summed E-state index contributed by atoms with van der Waals surface area (Å²) in [6.45, 7) is 5.19. The predicted molar refractivity (Wildman–Crippen MR) is 144 cm³/mol. The highest BCUT2D eigenvalue weighted by molar-refractivity contribution is 5.91. The van der Waals surface area contributed by atoms with Gasteiger partial charge in [-0.3, -0.25) is 9.59 Å². The SMILES string of the molecule is COCCNCC(=O)NCCCCCCN1CCC(C(C(N)=O)(c2ccccc2)c2ccccc2)C1. The molecule has 0 radical (unpaired) electrons. The van der Waals surface area contributed by atoms with E-state index >= 15 is 0 Å². The number of amides is 2. The highest BCUT2D eigenvalue weighted by Gasteiger charge is 2.49. The highest BCUT2D eigenvalue weighted by Crippen LogP contribution is 2.43. The lowest BCUT2D eigenvalue weighted by Gasteiger charge is -2.37. The maximum absolute atomic E-state index is 13.2. The summed E-state index contributed by atoms with van der Waals surface area (Å²) in [6.07, 6.45) is 5.26. The van der Waals surface area contributed by atoms with Gasteiger partial charge >= 0.3 is 0 Å². The third kappa shape index (κ3) is 7.38. The number of nitrogens with two attached hydrogens (primary N) is 1. The average molecular weight is 495 g/mol. The van der Waals surface area contributed by atoms with Gasteiger partial charge in [-0.15, -0.1) is 0 Å². The van der Waals surface area contributed by atoms with Crippen LogP contribution in [0.15, 0.2) is 60.7 Å². The first-order valence-corrected chi connectivity index (χ1v) is 13.2. The Balaban J connectivity index is 1.46. The van der Waals surface area contributed by atoms with E-state index in [-0.39, 0.29) is 17.7 Å². The number of benzene rings is 2. The normalized spacial score (nSPS) is 16.2. The van der Waals surface area contributed by atoms with Crippen LogP contribution in [0.4, 0.5) is 0 Å². The Morgan fingerprint density at radius 2 is 1.61 bits per heavy atom. The fourth-order valence-corrected chi connectivity index (χ4v) is 5.40. The fraction of sp³-hybridized carbons (Fsp3) is 0.517. The zero-order valence-electron chi connectivity index (χ0n) is 21.6. The molecule has 7 nitrogen and oxygen atoms in total. The average Bonchev–Trinajstić information content (AvgIpc) is 3.36. The van der Waals surface area contributed by atoms with E-state index in [2.05, 4.69) is 15.5 Å². The minimum absolute atomic E-state index is 0.0315. The number of nitrogens with zero attached hydrogens (tertiary/aromatic N) is 1. The minimum atomic E-state index is -0.825. The lowest BCUT2D eigenvalue weighted by Crippen LogP contribution is -2.49. The molecule has 0 saturated carbocycles. The molecule has 2 amide bonds. The lowest BCUT2D eigenvalue weighted by atomic mass is 9.64. The molecule has 1 aliphatic rings. The minimum Gasteiger partial charge on any atom is -0.383 e. The van der Waals surface area contributed by atoms with Crippen molar-refractivity contribution >= 4 is 11.8 Å². The van der Waals surface area contributed by atoms with Crippen molar-refractivity contribution in [3.8, 4) is 0 Å². The zero-order valence-corrected chi connectivity index (χ0v) is 21.6. The van der Waals surface area contributed by atoms with Gasteiger partial charge in [-0.1, -0.05) is 73.5 Å². The van der Waals surface area contributed by atoms with Crippen LogP contribution >= 0.6 is 0 Å². The molecule has 2 aromatic carbocycles. The number of rotatable bonds is 16. The Hall–Kier alpha value is -2.74. The van der Waals surface area contributed by atoms with Crippen LogP contribution in [0, 0.1) is 5.92 Å². The van der Waals surface area contributed by atoms with Crippen LogP contribution in [-0.4, -0.2) is 69.7 Å². The molecule has 1 saturated heterocycles. The standard InChI is InChI=1S/C29H42N4O3/c1-36-21-18-31-22-27(34)32-17-10-2-3-11-19-33-20-16-26(23-33)29(28(30)35,24-12-6-4-7-13-24)25-14-8-5-9-15-25/h4-9,12-15,26,31H,2-3,10-11,16-23H2,1H3,(H2,30,35)(H,32,34). The van der Waals surface area contributed by atoms with E-state index in [1.807, 2.05) is 60.7 Å². The van der Waals surface area contributed by atoms with Gasteiger partial charge in [-0.05, 0) is 49.4 Å². The van der Waals surface area contributed by atoms with Crippen molar-refractivity contribution in [3.05, 3.63) is 71.8 Å². The second-order valence-corrected chi connectivity index (χ2v) is 9.62. The summed E-state index contributed by atoms with van der Waals surface area (Å²) < 4.78 is 4.95. The predicted octanol–water partition coefficient (Wildman–Crippen LogP) is 2.69. The largest absolute Gasteiger partial charge is 0.383 e. The first-order valence-electron chi connectivity index (χ1n) is 13.2. The molecule has 2 aromatic rings. The Kier molecular flexibility index (Phi) is 11.4. The number of carbonyl (C=O) groups is 2. The molecule has 0 aliphatic carbocycles. The number of hydrogen-bond donors (Lipinski definition) is 3. The van der Waals surface area contributed by atoms with Gasteiger partial charge < -0.3 is 26.0 Å². The van der Waals surface area contributed by atoms with E-state index in [9.17, 15) is 9.59 Å². The number of hydrogen-bond acceptors (Lipinski definition) is 5.